The highest BCUT2D eigenvalue weighted by molar-refractivity contribution is 5.68. The van der Waals surface area contributed by atoms with Crippen molar-refractivity contribution >= 4 is 11.9 Å². The van der Waals surface area contributed by atoms with Crippen molar-refractivity contribution in [1.82, 2.24) is 14.9 Å². The van der Waals surface area contributed by atoms with Crippen LogP contribution in [0.3, 0.4) is 0 Å². The average molecular weight is 322 g/mol. The third kappa shape index (κ3) is 5.58. The minimum Gasteiger partial charge on any atom is -0.463 e. The molecule has 0 aromatic carbocycles. The molecular formula is C16H26N4O3. The first-order chi connectivity index (χ1) is 10.9. The molecule has 0 radical (unpaired) electrons. The lowest BCUT2D eigenvalue weighted by molar-refractivity contribution is 0.0284. The Morgan fingerprint density at radius 2 is 2.26 bits per heavy atom. The Hall–Kier alpha value is -2.05. The number of ether oxygens (including phenoxy) is 2. The lowest BCUT2D eigenvalue weighted by Gasteiger charge is -2.24. The second kappa shape index (κ2) is 7.48. The van der Waals surface area contributed by atoms with Crippen LogP contribution < -0.4 is 10.1 Å². The quantitative estimate of drug-likeness (QED) is 0.898. The van der Waals surface area contributed by atoms with Crippen LogP contribution in [-0.2, 0) is 4.74 Å². The smallest absolute Gasteiger partial charge is 0.410 e. The van der Waals surface area contributed by atoms with Crippen molar-refractivity contribution in [3.05, 3.63) is 12.3 Å². The second-order valence-electron chi connectivity index (χ2n) is 6.65. The zero-order valence-corrected chi connectivity index (χ0v) is 14.3. The maximum atomic E-state index is 12.0. The predicted molar refractivity (Wildman–Crippen MR) is 87.6 cm³/mol. The van der Waals surface area contributed by atoms with Crippen LogP contribution in [0.4, 0.5) is 10.6 Å². The van der Waals surface area contributed by atoms with Gasteiger partial charge in [-0.1, -0.05) is 0 Å². The molecule has 23 heavy (non-hydrogen) atoms. The van der Waals surface area contributed by atoms with Crippen LogP contribution in [0.25, 0.3) is 0 Å². The summed E-state index contributed by atoms with van der Waals surface area (Å²) in [6.07, 6.45) is 2.30. The Bertz CT molecular complexity index is 530. The van der Waals surface area contributed by atoms with Crippen molar-refractivity contribution in [3.8, 4) is 6.01 Å². The Balaban J connectivity index is 1.79. The Kier molecular flexibility index (Phi) is 5.63. The van der Waals surface area contributed by atoms with E-state index in [2.05, 4.69) is 15.3 Å². The molecule has 1 aliphatic rings. The Labute approximate surface area is 137 Å². The number of anilines is 1. The van der Waals surface area contributed by atoms with Gasteiger partial charge in [0.25, 0.3) is 0 Å². The molecule has 0 saturated carbocycles. The van der Waals surface area contributed by atoms with Gasteiger partial charge in [-0.2, -0.15) is 4.98 Å². The zero-order chi connectivity index (χ0) is 16.9. The number of likely N-dealkylation sites (tertiary alicyclic amines) is 1. The summed E-state index contributed by atoms with van der Waals surface area (Å²) in [6.45, 7) is 10.2. The van der Waals surface area contributed by atoms with E-state index in [9.17, 15) is 4.79 Å². The van der Waals surface area contributed by atoms with Gasteiger partial charge in [0.2, 0.25) is 0 Å². The van der Waals surface area contributed by atoms with E-state index in [0.29, 0.717) is 25.7 Å². The fraction of sp³-hybridized carbons (Fsp3) is 0.688. The number of amides is 1. The molecule has 0 spiro atoms. The minimum absolute atomic E-state index is 0.259. The van der Waals surface area contributed by atoms with Crippen LogP contribution in [0.15, 0.2) is 12.3 Å². The molecule has 1 aliphatic heterocycles. The summed E-state index contributed by atoms with van der Waals surface area (Å²) in [7, 11) is 0. The Morgan fingerprint density at radius 1 is 1.48 bits per heavy atom. The fourth-order valence-electron chi connectivity index (χ4n) is 2.34. The number of aromatic nitrogens is 2. The van der Waals surface area contributed by atoms with Crippen LogP contribution in [0, 0.1) is 5.92 Å². The maximum Gasteiger partial charge on any atom is 0.410 e. The van der Waals surface area contributed by atoms with E-state index in [-0.39, 0.29) is 12.0 Å². The standard InChI is InChI=1S/C16H26N4O3/c1-5-17-13-6-8-18-14(19-13)22-11-12-7-9-20(10-12)15(21)23-16(2,3)4/h6,8,12H,5,7,9-11H2,1-4H3,(H,17,18,19)/t12-/m1/s1. The first kappa shape index (κ1) is 17.3. The zero-order valence-electron chi connectivity index (χ0n) is 14.3. The molecule has 128 valence electrons. The lowest BCUT2D eigenvalue weighted by atomic mass is 10.1. The molecule has 2 heterocycles. The van der Waals surface area contributed by atoms with Crippen LogP contribution >= 0.6 is 0 Å². The number of hydrogen-bond acceptors (Lipinski definition) is 6. The van der Waals surface area contributed by atoms with Crippen molar-refractivity contribution in [2.24, 2.45) is 5.92 Å². The van der Waals surface area contributed by atoms with Crippen LogP contribution in [0.5, 0.6) is 6.01 Å². The third-order valence-electron chi connectivity index (χ3n) is 3.38. The van der Waals surface area contributed by atoms with Gasteiger partial charge in [0.1, 0.15) is 11.4 Å². The van der Waals surface area contributed by atoms with E-state index in [1.54, 1.807) is 17.2 Å². The SMILES string of the molecule is CCNc1ccnc(OC[C@@H]2CCN(C(=O)OC(C)(C)C)C2)n1. The number of nitrogens with one attached hydrogen (secondary N) is 1. The van der Waals surface area contributed by atoms with Gasteiger partial charge in [-0.3, -0.25) is 0 Å². The number of nitrogens with zero attached hydrogens (tertiary/aromatic N) is 3. The molecule has 1 aromatic heterocycles. The summed E-state index contributed by atoms with van der Waals surface area (Å²) in [6, 6.07) is 2.16. The highest BCUT2D eigenvalue weighted by Crippen LogP contribution is 2.20. The van der Waals surface area contributed by atoms with E-state index in [0.717, 1.165) is 18.8 Å². The average Bonchev–Trinajstić information content (AvgIpc) is 2.93. The number of hydrogen-bond donors (Lipinski definition) is 1. The molecular weight excluding hydrogens is 296 g/mol. The molecule has 0 bridgehead atoms. The van der Waals surface area contributed by atoms with Gasteiger partial charge in [-0.15, -0.1) is 0 Å². The van der Waals surface area contributed by atoms with E-state index in [1.165, 1.54) is 0 Å². The second-order valence-corrected chi connectivity index (χ2v) is 6.65. The summed E-state index contributed by atoms with van der Waals surface area (Å²) in [4.78, 5) is 22.1. The van der Waals surface area contributed by atoms with Gasteiger partial charge >= 0.3 is 12.1 Å². The van der Waals surface area contributed by atoms with Crippen LogP contribution in [0.1, 0.15) is 34.1 Å². The van der Waals surface area contributed by atoms with Crippen molar-refractivity contribution < 1.29 is 14.3 Å². The molecule has 7 heteroatoms. The van der Waals surface area contributed by atoms with E-state index < -0.39 is 5.60 Å². The third-order valence-corrected chi connectivity index (χ3v) is 3.38. The topological polar surface area (TPSA) is 76.6 Å². The van der Waals surface area contributed by atoms with E-state index >= 15 is 0 Å². The van der Waals surface area contributed by atoms with Crippen molar-refractivity contribution in [3.63, 3.8) is 0 Å². The van der Waals surface area contributed by atoms with E-state index in [1.807, 2.05) is 27.7 Å². The van der Waals surface area contributed by atoms with Gasteiger partial charge in [-0.05, 0) is 40.2 Å². The first-order valence-corrected chi connectivity index (χ1v) is 8.05. The fourth-order valence-corrected chi connectivity index (χ4v) is 2.34. The number of rotatable bonds is 5. The molecule has 1 fully saturated rings. The highest BCUT2D eigenvalue weighted by atomic mass is 16.6. The highest BCUT2D eigenvalue weighted by Gasteiger charge is 2.30. The van der Waals surface area contributed by atoms with Crippen molar-refractivity contribution in [2.45, 2.75) is 39.7 Å². The number of carbonyl (C=O) groups excluding carboxylic acids is 1. The molecule has 1 saturated heterocycles. The molecule has 0 aliphatic carbocycles. The Morgan fingerprint density at radius 3 is 2.96 bits per heavy atom. The van der Waals surface area contributed by atoms with Crippen LogP contribution in [-0.4, -0.2) is 52.8 Å². The summed E-state index contributed by atoms with van der Waals surface area (Å²) >= 11 is 0. The largest absolute Gasteiger partial charge is 0.463 e. The summed E-state index contributed by atoms with van der Waals surface area (Å²) < 4.78 is 11.1. The normalized spacial score (nSPS) is 17.9. The molecule has 1 atom stereocenters. The summed E-state index contributed by atoms with van der Waals surface area (Å²) in [5.41, 5.74) is -0.466. The van der Waals surface area contributed by atoms with Gasteiger partial charge < -0.3 is 19.7 Å². The van der Waals surface area contributed by atoms with Gasteiger partial charge in [0.05, 0.1) is 6.61 Å². The lowest BCUT2D eigenvalue weighted by Crippen LogP contribution is -2.35. The predicted octanol–water partition coefficient (Wildman–Crippen LogP) is 2.54. The monoisotopic (exact) mass is 322 g/mol. The first-order valence-electron chi connectivity index (χ1n) is 8.05. The minimum atomic E-state index is -0.466. The van der Waals surface area contributed by atoms with Gasteiger partial charge in [0.15, 0.2) is 0 Å². The maximum absolute atomic E-state index is 12.0. The van der Waals surface area contributed by atoms with Gasteiger partial charge in [0, 0.05) is 31.7 Å². The van der Waals surface area contributed by atoms with Gasteiger partial charge in [-0.25, -0.2) is 9.78 Å². The van der Waals surface area contributed by atoms with Crippen molar-refractivity contribution in [1.29, 1.82) is 0 Å². The molecule has 1 aromatic rings. The van der Waals surface area contributed by atoms with Crippen LogP contribution in [0.2, 0.25) is 0 Å². The molecule has 2 rings (SSSR count). The number of carbonyl (C=O) groups is 1. The molecule has 0 unspecified atom stereocenters. The molecule has 7 nitrogen and oxygen atoms in total. The molecule has 1 amide bonds. The summed E-state index contributed by atoms with van der Waals surface area (Å²) in [5.74, 6) is 1.02. The summed E-state index contributed by atoms with van der Waals surface area (Å²) in [5, 5.41) is 3.12. The van der Waals surface area contributed by atoms with Crippen molar-refractivity contribution in [2.75, 3.05) is 31.6 Å². The molecule has 1 N–H and O–H groups in total. The van der Waals surface area contributed by atoms with E-state index in [4.69, 9.17) is 9.47 Å².